The second-order valence-electron chi connectivity index (χ2n) is 7.92. The van der Waals surface area contributed by atoms with Crippen molar-refractivity contribution >= 4 is 36.8 Å². The first-order chi connectivity index (χ1) is 10.9. The number of ether oxygens (including phenoxy) is 2. The predicted molar refractivity (Wildman–Crippen MR) is 105 cm³/mol. The Labute approximate surface area is 158 Å². The Morgan fingerprint density at radius 1 is 0.792 bits per heavy atom. The molecular weight excluding hydrogens is 344 g/mol. The van der Waals surface area contributed by atoms with Gasteiger partial charge in [-0.05, 0) is 24.7 Å². The number of thiol groups is 2. The molecule has 6 heteroatoms. The number of carbonyl (C=O) groups is 2. The fourth-order valence-corrected chi connectivity index (χ4v) is 2.87. The molecule has 0 N–H and O–H groups in total. The molecule has 0 bridgehead atoms. The van der Waals surface area contributed by atoms with E-state index in [-0.39, 0.29) is 32.9 Å². The molecule has 2 atom stereocenters. The van der Waals surface area contributed by atoms with Gasteiger partial charge in [0.1, 0.15) is 11.6 Å². The maximum absolute atomic E-state index is 11.3. The Balaban J connectivity index is 3.95. The molecule has 0 radical (unpaired) electrons. The molecule has 0 aliphatic heterocycles. The van der Waals surface area contributed by atoms with Gasteiger partial charge in [-0.2, -0.15) is 25.3 Å². The van der Waals surface area contributed by atoms with Gasteiger partial charge in [-0.25, -0.2) is 0 Å². The maximum atomic E-state index is 11.3. The molecule has 0 saturated heterocycles. The lowest BCUT2D eigenvalue weighted by Crippen LogP contribution is -2.32. The van der Waals surface area contributed by atoms with Crippen LogP contribution in [0.3, 0.4) is 0 Å². The van der Waals surface area contributed by atoms with E-state index in [1.165, 1.54) is 0 Å². The fraction of sp³-hybridized carbons (Fsp3) is 0.889. The number of hydrogen-bond acceptors (Lipinski definition) is 6. The summed E-state index contributed by atoms with van der Waals surface area (Å²) in [7, 11) is 0. The Bertz CT molecular complexity index is 370. The van der Waals surface area contributed by atoms with Crippen molar-refractivity contribution in [2.45, 2.75) is 64.9 Å². The topological polar surface area (TPSA) is 52.6 Å². The third kappa shape index (κ3) is 10.1. The van der Waals surface area contributed by atoms with Crippen LogP contribution in [0.2, 0.25) is 0 Å². The minimum Gasteiger partial charge on any atom is -0.378 e. The maximum Gasteiger partial charge on any atom is 0.130 e. The molecule has 0 rings (SSSR count). The van der Waals surface area contributed by atoms with E-state index in [0.717, 1.165) is 0 Å². The molecule has 0 heterocycles. The Morgan fingerprint density at radius 2 is 1.08 bits per heavy atom. The molecule has 0 aromatic carbocycles. The van der Waals surface area contributed by atoms with Crippen LogP contribution in [-0.4, -0.2) is 48.5 Å². The molecule has 0 amide bonds. The van der Waals surface area contributed by atoms with Crippen molar-refractivity contribution in [2.75, 3.05) is 26.4 Å². The summed E-state index contributed by atoms with van der Waals surface area (Å²) >= 11 is 9.10. The van der Waals surface area contributed by atoms with Crippen molar-refractivity contribution < 1.29 is 19.1 Å². The van der Waals surface area contributed by atoms with Gasteiger partial charge in [0.05, 0.1) is 26.4 Å². The summed E-state index contributed by atoms with van der Waals surface area (Å²) in [5.41, 5.74) is -0.384. The highest BCUT2D eigenvalue weighted by Gasteiger charge is 2.29. The van der Waals surface area contributed by atoms with E-state index >= 15 is 0 Å². The Kier molecular flexibility index (Phi) is 10.8. The van der Waals surface area contributed by atoms with Crippen LogP contribution < -0.4 is 0 Å². The summed E-state index contributed by atoms with van der Waals surface area (Å²) < 4.78 is 11.2. The van der Waals surface area contributed by atoms with Gasteiger partial charge in [-0.1, -0.05) is 27.7 Å². The first-order valence-corrected chi connectivity index (χ1v) is 9.42. The quantitative estimate of drug-likeness (QED) is 0.380. The zero-order valence-corrected chi connectivity index (χ0v) is 17.7. The van der Waals surface area contributed by atoms with Gasteiger partial charge in [0.15, 0.2) is 0 Å². The first kappa shape index (κ1) is 24.0. The van der Waals surface area contributed by atoms with Gasteiger partial charge in [-0.15, -0.1) is 0 Å². The minimum atomic E-state index is -0.192. The van der Waals surface area contributed by atoms with Crippen LogP contribution in [0.25, 0.3) is 0 Å². The van der Waals surface area contributed by atoms with E-state index in [1.807, 2.05) is 27.7 Å². The third-order valence-corrected chi connectivity index (χ3v) is 5.83. The van der Waals surface area contributed by atoms with Crippen molar-refractivity contribution in [3.63, 3.8) is 0 Å². The molecule has 0 fully saturated rings. The lowest BCUT2D eigenvalue weighted by molar-refractivity contribution is -0.120. The Morgan fingerprint density at radius 3 is 1.33 bits per heavy atom. The number of ketones is 2. The summed E-state index contributed by atoms with van der Waals surface area (Å²) in [6.07, 6.45) is 0.987. The van der Waals surface area contributed by atoms with Gasteiger partial charge in [0.2, 0.25) is 0 Å². The second-order valence-corrected chi connectivity index (χ2v) is 9.16. The van der Waals surface area contributed by atoms with E-state index in [1.54, 1.807) is 13.8 Å². The molecule has 0 aliphatic rings. The normalized spacial score (nSPS) is 15.2. The van der Waals surface area contributed by atoms with Crippen LogP contribution in [-0.2, 0) is 19.1 Å². The predicted octanol–water partition coefficient (Wildman–Crippen LogP) is 3.63. The molecule has 2 unspecified atom stereocenters. The zero-order chi connectivity index (χ0) is 19.0. The summed E-state index contributed by atoms with van der Waals surface area (Å²) in [5.74, 6) is 0.325. The largest absolute Gasteiger partial charge is 0.378 e. The summed E-state index contributed by atoms with van der Waals surface area (Å²) in [5, 5.41) is -0.0120. The van der Waals surface area contributed by atoms with Crippen LogP contribution in [0.15, 0.2) is 0 Å². The highest BCUT2D eigenvalue weighted by molar-refractivity contribution is 7.81. The van der Waals surface area contributed by atoms with Crippen LogP contribution in [0, 0.1) is 10.8 Å². The van der Waals surface area contributed by atoms with Gasteiger partial charge < -0.3 is 19.1 Å². The summed E-state index contributed by atoms with van der Waals surface area (Å²) in [4.78, 5) is 22.5. The number of Topliss-reactive ketones (excluding diaryl/α,β-unsaturated/α-hetero) is 2. The third-order valence-electron chi connectivity index (χ3n) is 4.14. The molecule has 4 nitrogen and oxygen atoms in total. The van der Waals surface area contributed by atoms with E-state index in [2.05, 4.69) is 25.3 Å². The van der Waals surface area contributed by atoms with Crippen molar-refractivity contribution in [2.24, 2.45) is 10.8 Å². The average Bonchev–Trinajstić information content (AvgIpc) is 2.38. The van der Waals surface area contributed by atoms with E-state index in [9.17, 15) is 9.59 Å². The summed E-state index contributed by atoms with van der Waals surface area (Å²) in [6, 6.07) is 0. The first-order valence-electron chi connectivity index (χ1n) is 8.39. The molecule has 24 heavy (non-hydrogen) atoms. The average molecular weight is 379 g/mol. The highest BCUT2D eigenvalue weighted by Crippen LogP contribution is 2.30. The molecule has 142 valence electrons. The highest BCUT2D eigenvalue weighted by atomic mass is 32.1. The number of hydrogen-bond donors (Lipinski definition) is 2. The van der Waals surface area contributed by atoms with Crippen LogP contribution in [0.1, 0.15) is 54.4 Å². The van der Waals surface area contributed by atoms with Crippen LogP contribution in [0.4, 0.5) is 0 Å². The van der Waals surface area contributed by atoms with Gasteiger partial charge in [-0.3, -0.25) is 0 Å². The number of carbonyl (C=O) groups excluding carboxylic acids is 2. The van der Waals surface area contributed by atoms with Crippen LogP contribution in [0.5, 0.6) is 0 Å². The van der Waals surface area contributed by atoms with Gasteiger partial charge >= 0.3 is 0 Å². The zero-order valence-electron chi connectivity index (χ0n) is 15.9. The Hall–Kier alpha value is -0.0400. The van der Waals surface area contributed by atoms with Crippen molar-refractivity contribution in [3.05, 3.63) is 0 Å². The van der Waals surface area contributed by atoms with Gasteiger partial charge in [0, 0.05) is 23.3 Å². The van der Waals surface area contributed by atoms with E-state index in [0.29, 0.717) is 39.3 Å². The fourth-order valence-electron chi connectivity index (χ4n) is 2.48. The second kappa shape index (κ2) is 10.8. The molecule has 0 aromatic heterocycles. The van der Waals surface area contributed by atoms with Crippen molar-refractivity contribution in [1.29, 1.82) is 0 Å². The number of rotatable bonds is 13. The van der Waals surface area contributed by atoms with E-state index in [4.69, 9.17) is 9.47 Å². The molecular formula is C18H34O4S2. The minimum absolute atomic E-state index is 0.00599. The summed E-state index contributed by atoms with van der Waals surface area (Å²) in [6.45, 7) is 13.2. The smallest absolute Gasteiger partial charge is 0.130 e. The lowest BCUT2D eigenvalue weighted by atomic mass is 9.84. The van der Waals surface area contributed by atoms with Gasteiger partial charge in [0.25, 0.3) is 0 Å². The molecule has 0 aromatic rings. The molecule has 0 saturated carbocycles. The molecule has 0 aliphatic carbocycles. The SMILES string of the molecule is CC(=O)CC(C)(C)C(S)COCCOCC(S)C(C)(C)CC(C)=O. The van der Waals surface area contributed by atoms with E-state index < -0.39 is 0 Å². The van der Waals surface area contributed by atoms with Crippen LogP contribution >= 0.6 is 25.3 Å². The molecule has 0 spiro atoms. The monoisotopic (exact) mass is 378 g/mol. The van der Waals surface area contributed by atoms with Crippen molar-refractivity contribution in [3.8, 4) is 0 Å². The van der Waals surface area contributed by atoms with Crippen molar-refractivity contribution in [1.82, 2.24) is 0 Å². The standard InChI is InChI=1S/C18H34O4S2/c1-13(19)9-17(3,4)15(23)11-21-7-8-22-12-16(24)18(5,6)10-14(2)20/h15-16,23-24H,7-12H2,1-6H3. The lowest BCUT2D eigenvalue weighted by Gasteiger charge is -2.30.